The van der Waals surface area contributed by atoms with Crippen LogP contribution in [0.25, 0.3) is 0 Å². The number of hydrogen-bond donors (Lipinski definition) is 1. The first-order chi connectivity index (χ1) is 8.62. The topological polar surface area (TPSA) is 41.6 Å². The number of halogens is 3. The maximum Gasteiger partial charge on any atom is 0.343 e. The molecule has 0 aliphatic carbocycles. The zero-order valence-corrected chi connectivity index (χ0v) is 13.4. The van der Waals surface area contributed by atoms with Gasteiger partial charge in [-0.2, -0.15) is 0 Å². The Bertz CT molecular complexity index is 274. The molecule has 1 fully saturated rings. The maximum absolute atomic E-state index is 12.6. The smallest absolute Gasteiger partial charge is 0.306 e. The minimum Gasteiger partial charge on any atom is -0.306 e. The predicted molar refractivity (Wildman–Crippen MR) is 78.1 cm³/mol. The highest BCUT2D eigenvalue weighted by atomic mass is 35.5. The van der Waals surface area contributed by atoms with Gasteiger partial charge in [-0.3, -0.25) is 4.57 Å². The molecule has 0 aromatic rings. The van der Waals surface area contributed by atoms with Crippen LogP contribution in [-0.4, -0.2) is 48.0 Å². The van der Waals surface area contributed by atoms with Crippen molar-refractivity contribution in [1.29, 1.82) is 0 Å². The highest BCUT2D eigenvalue weighted by Gasteiger charge is 2.34. The SMILES string of the molecule is O=[P@@]1(N(CCCl)C[C@@H](Cl)CCCCl)NCCCO1. The van der Waals surface area contributed by atoms with E-state index >= 15 is 0 Å². The fraction of sp³-hybridized carbons (Fsp3) is 1.00. The molecule has 4 nitrogen and oxygen atoms in total. The Morgan fingerprint density at radius 1 is 1.39 bits per heavy atom. The monoisotopic (exact) mass is 336 g/mol. The van der Waals surface area contributed by atoms with Gasteiger partial charge in [0.1, 0.15) is 0 Å². The Labute approximate surface area is 124 Å². The second-order valence-corrected chi connectivity index (χ2v) is 7.70. The summed E-state index contributed by atoms with van der Waals surface area (Å²) in [7, 11) is -2.94. The summed E-state index contributed by atoms with van der Waals surface area (Å²) in [4.78, 5) is 0. The molecule has 8 heteroatoms. The van der Waals surface area contributed by atoms with E-state index in [2.05, 4.69) is 5.09 Å². The summed E-state index contributed by atoms with van der Waals surface area (Å²) in [6.07, 6.45) is 2.52. The lowest BCUT2D eigenvalue weighted by atomic mass is 10.2. The molecule has 0 saturated carbocycles. The Morgan fingerprint density at radius 3 is 2.72 bits per heavy atom. The Kier molecular flexibility index (Phi) is 8.53. The molecule has 1 heterocycles. The average Bonchev–Trinajstić information content (AvgIpc) is 2.37. The molecule has 2 atom stereocenters. The third kappa shape index (κ3) is 5.54. The summed E-state index contributed by atoms with van der Waals surface area (Å²) >= 11 is 17.6. The Hall–Kier alpha value is 0.980. The molecule has 0 unspecified atom stereocenters. The van der Waals surface area contributed by atoms with Crippen molar-refractivity contribution in [2.24, 2.45) is 0 Å². The van der Waals surface area contributed by atoms with Gasteiger partial charge in [-0.1, -0.05) is 0 Å². The van der Waals surface area contributed by atoms with Crippen LogP contribution in [-0.2, 0) is 9.09 Å². The van der Waals surface area contributed by atoms with Crippen molar-refractivity contribution in [2.75, 3.05) is 38.0 Å². The number of alkyl halides is 3. The van der Waals surface area contributed by atoms with Crippen LogP contribution < -0.4 is 5.09 Å². The first-order valence-corrected chi connectivity index (χ1v) is 9.22. The van der Waals surface area contributed by atoms with Gasteiger partial charge in [-0.25, -0.2) is 9.76 Å². The predicted octanol–water partition coefficient (Wildman–Crippen LogP) is 3.27. The summed E-state index contributed by atoms with van der Waals surface area (Å²) in [5.74, 6) is 0.985. The van der Waals surface area contributed by atoms with Gasteiger partial charge in [0.15, 0.2) is 0 Å². The van der Waals surface area contributed by atoms with Crippen molar-refractivity contribution in [2.45, 2.75) is 24.6 Å². The van der Waals surface area contributed by atoms with Crippen LogP contribution in [0.5, 0.6) is 0 Å². The Morgan fingerprint density at radius 2 is 2.17 bits per heavy atom. The lowest BCUT2D eigenvalue weighted by molar-refractivity contribution is 0.229. The molecule has 1 aliphatic heterocycles. The first kappa shape index (κ1) is 17.0. The van der Waals surface area contributed by atoms with E-state index in [1.165, 1.54) is 0 Å². The zero-order chi connectivity index (χ0) is 13.4. The van der Waals surface area contributed by atoms with Gasteiger partial charge in [-0.15, -0.1) is 34.8 Å². The van der Waals surface area contributed by atoms with Crippen LogP contribution in [0.3, 0.4) is 0 Å². The molecule has 0 aromatic carbocycles. The second-order valence-electron chi connectivity index (χ2n) is 4.15. The summed E-state index contributed by atoms with van der Waals surface area (Å²) in [5.41, 5.74) is 0. The minimum atomic E-state index is -2.94. The quantitative estimate of drug-likeness (QED) is 0.545. The van der Waals surface area contributed by atoms with Gasteiger partial charge in [0.2, 0.25) is 0 Å². The highest BCUT2D eigenvalue weighted by molar-refractivity contribution is 7.54. The lowest BCUT2D eigenvalue weighted by Gasteiger charge is -2.34. The van der Waals surface area contributed by atoms with E-state index in [0.717, 1.165) is 19.3 Å². The van der Waals surface area contributed by atoms with Crippen molar-refractivity contribution in [3.63, 3.8) is 0 Å². The summed E-state index contributed by atoms with van der Waals surface area (Å²) in [6, 6.07) is 0. The van der Waals surface area contributed by atoms with Crippen LogP contribution in [0, 0.1) is 0 Å². The van der Waals surface area contributed by atoms with E-state index in [1.807, 2.05) is 0 Å². The van der Waals surface area contributed by atoms with Crippen LogP contribution in [0.2, 0.25) is 0 Å². The fourth-order valence-electron chi connectivity index (χ4n) is 1.75. The van der Waals surface area contributed by atoms with Crippen molar-refractivity contribution in [1.82, 2.24) is 9.76 Å². The van der Waals surface area contributed by atoms with E-state index in [-0.39, 0.29) is 5.38 Å². The minimum absolute atomic E-state index is 0.0925. The van der Waals surface area contributed by atoms with Crippen molar-refractivity contribution in [3.8, 4) is 0 Å². The number of hydrogen-bond acceptors (Lipinski definition) is 2. The number of nitrogens with one attached hydrogen (secondary N) is 1. The third-order valence-corrected chi connectivity index (χ3v) is 5.73. The largest absolute Gasteiger partial charge is 0.343 e. The van der Waals surface area contributed by atoms with E-state index in [9.17, 15) is 4.57 Å². The van der Waals surface area contributed by atoms with Crippen molar-refractivity contribution in [3.05, 3.63) is 0 Å². The molecule has 1 aliphatic rings. The van der Waals surface area contributed by atoms with Crippen molar-refractivity contribution < 1.29 is 9.09 Å². The maximum atomic E-state index is 12.6. The molecule has 0 amide bonds. The van der Waals surface area contributed by atoms with E-state index in [4.69, 9.17) is 39.3 Å². The standard InChI is InChI=1S/C10H20Cl3N2O2P/c11-4-1-3-10(13)9-15(7-5-12)18(16)14-6-2-8-17-18/h10H,1-9H2,(H,14,16)/t10-,18-/m0/s1. The first-order valence-electron chi connectivity index (χ1n) is 6.13. The Balaban J connectivity index is 2.54. The molecule has 1 rings (SSSR count). The average molecular weight is 338 g/mol. The molecule has 108 valence electrons. The van der Waals surface area contributed by atoms with E-state index in [1.54, 1.807) is 4.67 Å². The lowest BCUT2D eigenvalue weighted by Crippen LogP contribution is -2.37. The summed E-state index contributed by atoms with van der Waals surface area (Å²) in [5, 5.41) is 2.87. The molecule has 0 radical (unpaired) electrons. The second kappa shape index (κ2) is 9.02. The molecular weight excluding hydrogens is 317 g/mol. The molecule has 1 N–H and O–H groups in total. The highest BCUT2D eigenvalue weighted by Crippen LogP contribution is 2.48. The zero-order valence-electron chi connectivity index (χ0n) is 10.3. The molecule has 18 heavy (non-hydrogen) atoms. The molecule has 0 spiro atoms. The van der Waals surface area contributed by atoms with Gasteiger partial charge >= 0.3 is 7.67 Å². The number of rotatable bonds is 8. The molecular formula is C10H20Cl3N2O2P. The van der Waals surface area contributed by atoms with Crippen LogP contribution in [0.1, 0.15) is 19.3 Å². The van der Waals surface area contributed by atoms with Gasteiger partial charge in [-0.05, 0) is 19.3 Å². The third-order valence-electron chi connectivity index (χ3n) is 2.67. The van der Waals surface area contributed by atoms with Gasteiger partial charge in [0.05, 0.1) is 6.61 Å². The van der Waals surface area contributed by atoms with E-state index in [0.29, 0.717) is 38.0 Å². The van der Waals surface area contributed by atoms with Gasteiger partial charge in [0, 0.05) is 36.8 Å². The van der Waals surface area contributed by atoms with Crippen LogP contribution in [0.15, 0.2) is 0 Å². The van der Waals surface area contributed by atoms with Crippen molar-refractivity contribution >= 4 is 42.5 Å². The number of nitrogens with zero attached hydrogens (tertiary/aromatic N) is 1. The van der Waals surface area contributed by atoms with Gasteiger partial charge < -0.3 is 4.52 Å². The normalized spacial score (nSPS) is 26.4. The van der Waals surface area contributed by atoms with E-state index < -0.39 is 7.67 Å². The van der Waals surface area contributed by atoms with Gasteiger partial charge in [0.25, 0.3) is 0 Å². The van der Waals surface area contributed by atoms with Crippen LogP contribution in [0.4, 0.5) is 0 Å². The summed E-state index contributed by atoms with van der Waals surface area (Å²) < 4.78 is 19.7. The molecule has 0 aromatic heterocycles. The molecule has 1 saturated heterocycles. The van der Waals surface area contributed by atoms with Crippen LogP contribution >= 0.6 is 42.5 Å². The summed E-state index contributed by atoms with van der Waals surface area (Å²) in [6.45, 7) is 2.20. The molecule has 0 bridgehead atoms. The fourth-order valence-corrected chi connectivity index (χ4v) is 4.70.